The van der Waals surface area contributed by atoms with Gasteiger partial charge in [-0.05, 0) is 12.0 Å². The van der Waals surface area contributed by atoms with E-state index < -0.39 is 10.8 Å². The van der Waals surface area contributed by atoms with E-state index in [0.29, 0.717) is 6.42 Å². The van der Waals surface area contributed by atoms with Crippen LogP contribution in [0.5, 0.6) is 0 Å². The largest absolute Gasteiger partial charge is 0.344 e. The summed E-state index contributed by atoms with van der Waals surface area (Å²) in [4.78, 5) is 22.6. The lowest BCUT2D eigenvalue weighted by molar-refractivity contribution is -0.385. The van der Waals surface area contributed by atoms with Crippen LogP contribution >= 0.6 is 0 Å². The zero-order chi connectivity index (χ0) is 15.4. The van der Waals surface area contributed by atoms with Gasteiger partial charge in [0.15, 0.2) is 0 Å². The zero-order valence-corrected chi connectivity index (χ0v) is 11.8. The molecular weight excluding hydrogens is 272 g/mol. The fourth-order valence-electron chi connectivity index (χ4n) is 2.16. The molecule has 110 valence electrons. The van der Waals surface area contributed by atoms with Crippen molar-refractivity contribution in [2.45, 2.75) is 19.4 Å². The molecule has 21 heavy (non-hydrogen) atoms. The van der Waals surface area contributed by atoms with Crippen molar-refractivity contribution < 1.29 is 9.72 Å². The molecule has 7 heteroatoms. The Morgan fingerprint density at radius 1 is 1.43 bits per heavy atom. The number of hydrogen-bond donors (Lipinski definition) is 1. The van der Waals surface area contributed by atoms with Crippen molar-refractivity contribution >= 4 is 11.6 Å². The Morgan fingerprint density at radius 3 is 2.67 bits per heavy atom. The summed E-state index contributed by atoms with van der Waals surface area (Å²) in [6.07, 6.45) is 1.76. The third kappa shape index (κ3) is 3.07. The van der Waals surface area contributed by atoms with Gasteiger partial charge in [-0.15, -0.1) is 0 Å². The van der Waals surface area contributed by atoms with Crippen molar-refractivity contribution in [2.24, 2.45) is 7.05 Å². The second-order valence-corrected chi connectivity index (χ2v) is 4.60. The first kappa shape index (κ1) is 14.7. The van der Waals surface area contributed by atoms with Gasteiger partial charge in [-0.3, -0.25) is 19.6 Å². The molecule has 0 aliphatic rings. The molecule has 2 aromatic rings. The second kappa shape index (κ2) is 6.17. The summed E-state index contributed by atoms with van der Waals surface area (Å²) >= 11 is 0. The van der Waals surface area contributed by atoms with Crippen LogP contribution in [0.3, 0.4) is 0 Å². The highest BCUT2D eigenvalue weighted by molar-refractivity contribution is 5.96. The predicted octanol–water partition coefficient (Wildman–Crippen LogP) is 2.21. The van der Waals surface area contributed by atoms with Crippen LogP contribution in [0.4, 0.5) is 5.69 Å². The molecule has 1 unspecified atom stereocenters. The van der Waals surface area contributed by atoms with Crippen molar-refractivity contribution in [1.29, 1.82) is 0 Å². The van der Waals surface area contributed by atoms with E-state index in [-0.39, 0.29) is 17.4 Å². The number of aromatic nitrogens is 2. The highest BCUT2D eigenvalue weighted by atomic mass is 16.6. The first-order valence-corrected chi connectivity index (χ1v) is 6.56. The van der Waals surface area contributed by atoms with Crippen LogP contribution in [-0.2, 0) is 7.05 Å². The van der Waals surface area contributed by atoms with E-state index in [1.165, 1.54) is 11.7 Å². The Labute approximate surface area is 121 Å². The lowest BCUT2D eigenvalue weighted by Crippen LogP contribution is -2.30. The predicted molar refractivity (Wildman–Crippen MR) is 76.8 cm³/mol. The molecule has 1 amide bonds. The van der Waals surface area contributed by atoms with Gasteiger partial charge in [-0.2, -0.15) is 5.10 Å². The number of nitrogens with zero attached hydrogens (tertiary/aromatic N) is 3. The molecule has 0 aliphatic heterocycles. The summed E-state index contributed by atoms with van der Waals surface area (Å²) in [6, 6.07) is 9.28. The molecule has 0 spiro atoms. The minimum atomic E-state index is -0.606. The standard InChI is InChI=1S/C14H16N4O3/c1-3-11(10-7-5-4-6-8-10)16-14(19)13-12(18(20)21)9-15-17(13)2/h4-9,11H,3H2,1-2H3,(H,16,19). The van der Waals surface area contributed by atoms with Crippen LogP contribution in [0.2, 0.25) is 0 Å². The molecule has 0 saturated carbocycles. The minimum Gasteiger partial charge on any atom is -0.344 e. The molecule has 1 aromatic heterocycles. The molecule has 2 rings (SSSR count). The Hall–Kier alpha value is -2.70. The average Bonchev–Trinajstić information content (AvgIpc) is 2.87. The maximum Gasteiger partial charge on any atom is 0.320 e. The van der Waals surface area contributed by atoms with Gasteiger partial charge in [0.25, 0.3) is 5.91 Å². The van der Waals surface area contributed by atoms with Crippen LogP contribution in [0, 0.1) is 10.1 Å². The molecule has 1 heterocycles. The first-order valence-electron chi connectivity index (χ1n) is 6.56. The van der Waals surface area contributed by atoms with Crippen LogP contribution in [0.1, 0.15) is 35.4 Å². The van der Waals surface area contributed by atoms with Crippen LogP contribution in [0.25, 0.3) is 0 Å². The third-order valence-corrected chi connectivity index (χ3v) is 3.25. The smallest absolute Gasteiger partial charge is 0.320 e. The topological polar surface area (TPSA) is 90.1 Å². The maximum atomic E-state index is 12.3. The van der Waals surface area contributed by atoms with E-state index in [1.54, 1.807) is 0 Å². The van der Waals surface area contributed by atoms with E-state index in [1.807, 2.05) is 37.3 Å². The number of hydrogen-bond acceptors (Lipinski definition) is 4. The fourth-order valence-corrected chi connectivity index (χ4v) is 2.16. The second-order valence-electron chi connectivity index (χ2n) is 4.60. The van der Waals surface area contributed by atoms with Gasteiger partial charge in [0.2, 0.25) is 5.69 Å². The normalized spacial score (nSPS) is 11.9. The SMILES string of the molecule is CCC(NC(=O)c1c([N+](=O)[O-])cnn1C)c1ccccc1. The van der Waals surface area contributed by atoms with Gasteiger partial charge in [0.1, 0.15) is 6.20 Å². The molecule has 1 N–H and O–H groups in total. The van der Waals surface area contributed by atoms with E-state index in [9.17, 15) is 14.9 Å². The van der Waals surface area contributed by atoms with Crippen molar-refractivity contribution in [3.8, 4) is 0 Å². The number of aryl methyl sites for hydroxylation is 1. The molecular formula is C14H16N4O3. The Bertz CT molecular complexity index is 651. The van der Waals surface area contributed by atoms with Crippen molar-refractivity contribution in [3.05, 3.63) is 57.9 Å². The number of carbonyl (C=O) groups excluding carboxylic acids is 1. The first-order chi connectivity index (χ1) is 10.0. The molecule has 1 aromatic carbocycles. The van der Waals surface area contributed by atoms with Gasteiger partial charge in [-0.1, -0.05) is 37.3 Å². The van der Waals surface area contributed by atoms with Gasteiger partial charge in [0, 0.05) is 7.05 Å². The lowest BCUT2D eigenvalue weighted by Gasteiger charge is -2.17. The highest BCUT2D eigenvalue weighted by Crippen LogP contribution is 2.20. The average molecular weight is 288 g/mol. The molecule has 0 fully saturated rings. The van der Waals surface area contributed by atoms with E-state index in [4.69, 9.17) is 0 Å². The lowest BCUT2D eigenvalue weighted by atomic mass is 10.0. The Morgan fingerprint density at radius 2 is 2.10 bits per heavy atom. The Kier molecular flexibility index (Phi) is 4.32. The summed E-state index contributed by atoms with van der Waals surface area (Å²) in [5, 5.41) is 17.5. The van der Waals surface area contributed by atoms with Gasteiger partial charge < -0.3 is 5.32 Å². The Balaban J connectivity index is 2.25. The van der Waals surface area contributed by atoms with Gasteiger partial charge >= 0.3 is 5.69 Å². The van der Waals surface area contributed by atoms with Crippen molar-refractivity contribution in [2.75, 3.05) is 0 Å². The maximum absolute atomic E-state index is 12.3. The summed E-state index contributed by atoms with van der Waals surface area (Å²) < 4.78 is 1.21. The summed E-state index contributed by atoms with van der Waals surface area (Å²) in [6.45, 7) is 1.94. The number of nitro groups is 1. The van der Waals surface area contributed by atoms with Crippen molar-refractivity contribution in [1.82, 2.24) is 15.1 Å². The molecule has 0 aliphatic carbocycles. The van der Waals surface area contributed by atoms with E-state index >= 15 is 0 Å². The fraction of sp³-hybridized carbons (Fsp3) is 0.286. The molecule has 0 bridgehead atoms. The molecule has 0 radical (unpaired) electrons. The number of carbonyl (C=O) groups is 1. The van der Waals surface area contributed by atoms with Gasteiger partial charge in [-0.25, -0.2) is 0 Å². The third-order valence-electron chi connectivity index (χ3n) is 3.25. The van der Waals surface area contributed by atoms with Crippen LogP contribution in [-0.4, -0.2) is 20.6 Å². The number of rotatable bonds is 5. The number of nitrogens with one attached hydrogen (secondary N) is 1. The summed E-state index contributed by atoms with van der Waals surface area (Å²) in [5.74, 6) is -0.502. The number of amides is 1. The van der Waals surface area contributed by atoms with E-state index in [0.717, 1.165) is 11.8 Å². The van der Waals surface area contributed by atoms with E-state index in [2.05, 4.69) is 10.4 Å². The molecule has 1 atom stereocenters. The summed E-state index contributed by atoms with van der Waals surface area (Å²) in [7, 11) is 1.51. The van der Waals surface area contributed by atoms with Gasteiger partial charge in [0.05, 0.1) is 11.0 Å². The van der Waals surface area contributed by atoms with Crippen LogP contribution < -0.4 is 5.32 Å². The number of benzene rings is 1. The molecule has 0 saturated heterocycles. The summed E-state index contributed by atoms with van der Waals surface area (Å²) in [5.41, 5.74) is 0.616. The van der Waals surface area contributed by atoms with Crippen LogP contribution in [0.15, 0.2) is 36.5 Å². The highest BCUT2D eigenvalue weighted by Gasteiger charge is 2.27. The zero-order valence-electron chi connectivity index (χ0n) is 11.8. The monoisotopic (exact) mass is 288 g/mol. The quantitative estimate of drug-likeness (QED) is 0.674. The minimum absolute atomic E-state index is 0.0469. The van der Waals surface area contributed by atoms with Crippen molar-refractivity contribution in [3.63, 3.8) is 0 Å². The molecule has 7 nitrogen and oxygen atoms in total.